The molecule has 1 N–H and O–H groups in total. The molecule has 2 nitrogen and oxygen atoms in total. The highest BCUT2D eigenvalue weighted by atomic mass is 15.1. The molecule has 88 valence electrons. The summed E-state index contributed by atoms with van der Waals surface area (Å²) >= 11 is 0. The zero-order chi connectivity index (χ0) is 11.4. The molecule has 0 heterocycles. The van der Waals surface area contributed by atoms with Crippen LogP contribution in [0.1, 0.15) is 18.4 Å². The van der Waals surface area contributed by atoms with E-state index in [1.807, 2.05) is 0 Å². The zero-order valence-electron chi connectivity index (χ0n) is 10.4. The molecule has 1 saturated carbocycles. The van der Waals surface area contributed by atoms with E-state index in [1.165, 1.54) is 30.6 Å². The number of nitrogens with zero attached hydrogens (tertiary/aromatic N) is 1. The first-order valence-electron chi connectivity index (χ1n) is 6.24. The largest absolute Gasteiger partial charge is 0.384 e. The van der Waals surface area contributed by atoms with Crippen molar-refractivity contribution in [2.45, 2.75) is 19.8 Å². The summed E-state index contributed by atoms with van der Waals surface area (Å²) in [5.74, 6) is 0.989. The molecule has 16 heavy (non-hydrogen) atoms. The maximum atomic E-state index is 3.50. The predicted molar refractivity (Wildman–Crippen MR) is 69.9 cm³/mol. The Labute approximate surface area is 98.7 Å². The Bertz CT molecular complexity index is 331. The molecule has 1 aromatic carbocycles. The van der Waals surface area contributed by atoms with Gasteiger partial charge in [0.15, 0.2) is 0 Å². The van der Waals surface area contributed by atoms with Crippen molar-refractivity contribution in [2.75, 3.05) is 32.0 Å². The van der Waals surface area contributed by atoms with E-state index in [2.05, 4.69) is 48.5 Å². The monoisotopic (exact) mass is 218 g/mol. The van der Waals surface area contributed by atoms with Crippen LogP contribution in [0.4, 0.5) is 5.69 Å². The molecule has 0 atom stereocenters. The highest BCUT2D eigenvalue weighted by Crippen LogP contribution is 2.29. The van der Waals surface area contributed by atoms with E-state index in [1.54, 1.807) is 0 Å². The quantitative estimate of drug-likeness (QED) is 0.790. The van der Waals surface area contributed by atoms with Gasteiger partial charge in [0.1, 0.15) is 0 Å². The summed E-state index contributed by atoms with van der Waals surface area (Å²) in [6.07, 6.45) is 2.88. The summed E-state index contributed by atoms with van der Waals surface area (Å²) in [7, 11) is 2.22. The van der Waals surface area contributed by atoms with Gasteiger partial charge in [-0.25, -0.2) is 0 Å². The van der Waals surface area contributed by atoms with Gasteiger partial charge in [0.05, 0.1) is 0 Å². The molecule has 0 radical (unpaired) electrons. The van der Waals surface area contributed by atoms with E-state index in [0.717, 1.165) is 19.0 Å². The van der Waals surface area contributed by atoms with Crippen LogP contribution in [0.25, 0.3) is 0 Å². The smallest absolute Gasteiger partial charge is 0.0370 e. The van der Waals surface area contributed by atoms with E-state index >= 15 is 0 Å². The summed E-state index contributed by atoms with van der Waals surface area (Å²) < 4.78 is 0. The molecule has 0 unspecified atom stereocenters. The number of aryl methyl sites for hydroxylation is 1. The predicted octanol–water partition coefficient (Wildman–Crippen LogP) is 2.75. The van der Waals surface area contributed by atoms with Gasteiger partial charge >= 0.3 is 0 Å². The minimum Gasteiger partial charge on any atom is -0.384 e. The Morgan fingerprint density at radius 2 is 2.06 bits per heavy atom. The number of benzene rings is 1. The molecule has 0 bridgehead atoms. The third-order valence-corrected chi connectivity index (χ3v) is 3.22. The summed E-state index contributed by atoms with van der Waals surface area (Å²) in [4.78, 5) is 2.43. The van der Waals surface area contributed by atoms with Gasteiger partial charge in [-0.3, -0.25) is 0 Å². The fraction of sp³-hybridized carbons (Fsp3) is 0.571. The lowest BCUT2D eigenvalue weighted by atomic mass is 10.2. The Balaban J connectivity index is 1.68. The number of likely N-dealkylation sites (N-methyl/N-ethyl adjacent to an activating group) is 1. The molecule has 0 amide bonds. The summed E-state index contributed by atoms with van der Waals surface area (Å²) in [6, 6.07) is 8.47. The molecule has 1 aliphatic carbocycles. The first kappa shape index (κ1) is 11.5. The van der Waals surface area contributed by atoms with Crippen molar-refractivity contribution in [3.63, 3.8) is 0 Å². The third kappa shape index (κ3) is 3.53. The lowest BCUT2D eigenvalue weighted by Gasteiger charge is -2.17. The second kappa shape index (κ2) is 5.35. The second-order valence-corrected chi connectivity index (χ2v) is 4.95. The van der Waals surface area contributed by atoms with Gasteiger partial charge in [-0.15, -0.1) is 0 Å². The van der Waals surface area contributed by atoms with Crippen LogP contribution in [0.15, 0.2) is 24.3 Å². The van der Waals surface area contributed by atoms with E-state index < -0.39 is 0 Å². The van der Waals surface area contributed by atoms with Crippen molar-refractivity contribution < 1.29 is 0 Å². The van der Waals surface area contributed by atoms with Crippen LogP contribution in [0.5, 0.6) is 0 Å². The SMILES string of the molecule is Cc1ccccc1NCCN(C)CC1CC1. The van der Waals surface area contributed by atoms with Gasteiger partial charge in [-0.2, -0.15) is 0 Å². The topological polar surface area (TPSA) is 15.3 Å². The molecule has 2 rings (SSSR count). The maximum absolute atomic E-state index is 3.50. The summed E-state index contributed by atoms with van der Waals surface area (Å²) in [5.41, 5.74) is 2.59. The molecule has 0 spiro atoms. The van der Waals surface area contributed by atoms with Crippen molar-refractivity contribution >= 4 is 5.69 Å². The maximum Gasteiger partial charge on any atom is 0.0370 e. The van der Waals surface area contributed by atoms with Gasteiger partial charge < -0.3 is 10.2 Å². The first-order chi connectivity index (χ1) is 7.75. The third-order valence-electron chi connectivity index (χ3n) is 3.22. The lowest BCUT2D eigenvalue weighted by Crippen LogP contribution is -2.27. The van der Waals surface area contributed by atoms with Crippen LogP contribution in [0.2, 0.25) is 0 Å². The van der Waals surface area contributed by atoms with Crippen molar-refractivity contribution in [1.82, 2.24) is 4.90 Å². The zero-order valence-corrected chi connectivity index (χ0v) is 10.4. The number of anilines is 1. The average Bonchev–Trinajstić information content (AvgIpc) is 3.05. The summed E-state index contributed by atoms with van der Waals surface area (Å²) in [6.45, 7) is 5.59. The number of nitrogens with one attached hydrogen (secondary N) is 1. The molecule has 1 aromatic rings. The number of hydrogen-bond donors (Lipinski definition) is 1. The molecular formula is C14H22N2. The van der Waals surface area contributed by atoms with Crippen LogP contribution in [-0.4, -0.2) is 31.6 Å². The number of rotatable bonds is 6. The van der Waals surface area contributed by atoms with Gasteiger partial charge in [-0.1, -0.05) is 18.2 Å². The second-order valence-electron chi connectivity index (χ2n) is 4.95. The van der Waals surface area contributed by atoms with Crippen molar-refractivity contribution in [1.29, 1.82) is 0 Å². The van der Waals surface area contributed by atoms with E-state index in [-0.39, 0.29) is 0 Å². The Morgan fingerprint density at radius 3 is 2.75 bits per heavy atom. The molecule has 0 aromatic heterocycles. The van der Waals surface area contributed by atoms with E-state index in [0.29, 0.717) is 0 Å². The molecule has 1 fully saturated rings. The van der Waals surface area contributed by atoms with Crippen molar-refractivity contribution in [3.8, 4) is 0 Å². The summed E-state index contributed by atoms with van der Waals surface area (Å²) in [5, 5.41) is 3.50. The van der Waals surface area contributed by atoms with Crippen molar-refractivity contribution in [2.24, 2.45) is 5.92 Å². The molecule has 1 aliphatic rings. The molecule has 0 aliphatic heterocycles. The number of hydrogen-bond acceptors (Lipinski definition) is 2. The minimum absolute atomic E-state index is 0.989. The first-order valence-corrected chi connectivity index (χ1v) is 6.24. The average molecular weight is 218 g/mol. The van der Waals surface area contributed by atoms with Gasteiger partial charge in [0.2, 0.25) is 0 Å². The Kier molecular flexibility index (Phi) is 3.83. The van der Waals surface area contributed by atoms with Crippen molar-refractivity contribution in [3.05, 3.63) is 29.8 Å². The fourth-order valence-corrected chi connectivity index (χ4v) is 1.99. The van der Waals surface area contributed by atoms with Gasteiger partial charge in [0, 0.05) is 25.3 Å². The molecular weight excluding hydrogens is 196 g/mol. The van der Waals surface area contributed by atoms with Crippen LogP contribution >= 0.6 is 0 Å². The highest BCUT2D eigenvalue weighted by molar-refractivity contribution is 5.50. The van der Waals surface area contributed by atoms with E-state index in [9.17, 15) is 0 Å². The fourth-order valence-electron chi connectivity index (χ4n) is 1.99. The Hall–Kier alpha value is -1.02. The van der Waals surface area contributed by atoms with Crippen LogP contribution < -0.4 is 5.32 Å². The van der Waals surface area contributed by atoms with Gasteiger partial charge in [0.25, 0.3) is 0 Å². The van der Waals surface area contributed by atoms with Gasteiger partial charge in [-0.05, 0) is 44.4 Å². The highest BCUT2D eigenvalue weighted by Gasteiger charge is 2.22. The Morgan fingerprint density at radius 1 is 1.31 bits per heavy atom. The minimum atomic E-state index is 0.989. The normalized spacial score (nSPS) is 15.4. The number of para-hydroxylation sites is 1. The van der Waals surface area contributed by atoms with Crippen LogP contribution in [0.3, 0.4) is 0 Å². The molecule has 0 saturated heterocycles. The lowest BCUT2D eigenvalue weighted by molar-refractivity contribution is 0.332. The molecule has 2 heteroatoms. The van der Waals surface area contributed by atoms with Crippen LogP contribution in [0, 0.1) is 12.8 Å². The van der Waals surface area contributed by atoms with Crippen LogP contribution in [-0.2, 0) is 0 Å². The van der Waals surface area contributed by atoms with E-state index in [4.69, 9.17) is 0 Å². The standard InChI is InChI=1S/C14H22N2/c1-12-5-3-4-6-14(12)15-9-10-16(2)11-13-7-8-13/h3-6,13,15H,7-11H2,1-2H3.